The van der Waals surface area contributed by atoms with Crippen LogP contribution in [0.15, 0.2) is 59.1 Å². The van der Waals surface area contributed by atoms with E-state index in [0.717, 1.165) is 15.9 Å². The summed E-state index contributed by atoms with van der Waals surface area (Å²) in [5.41, 5.74) is 0.903. The summed E-state index contributed by atoms with van der Waals surface area (Å²) in [5.74, 6) is 0.741. The van der Waals surface area contributed by atoms with Crippen LogP contribution in [0.2, 0.25) is 0 Å². The molecule has 2 rings (SSSR count). The van der Waals surface area contributed by atoms with Crippen LogP contribution in [0.4, 0.5) is 5.69 Å². The van der Waals surface area contributed by atoms with Crippen molar-refractivity contribution in [2.24, 2.45) is 0 Å². The van der Waals surface area contributed by atoms with E-state index in [4.69, 9.17) is 4.74 Å². The Morgan fingerprint density at radius 3 is 2.67 bits per heavy atom. The van der Waals surface area contributed by atoms with Gasteiger partial charge in [0, 0.05) is 10.2 Å². The maximum atomic E-state index is 11.7. The van der Waals surface area contributed by atoms with Crippen molar-refractivity contribution in [3.63, 3.8) is 0 Å². The molecule has 4 nitrogen and oxygen atoms in total. The second-order valence-corrected chi connectivity index (χ2v) is 5.29. The van der Waals surface area contributed by atoms with E-state index < -0.39 is 0 Å². The van der Waals surface area contributed by atoms with Crippen LogP contribution < -0.4 is 15.4 Å². The van der Waals surface area contributed by atoms with Gasteiger partial charge in [0.25, 0.3) is 0 Å². The highest BCUT2D eigenvalue weighted by Crippen LogP contribution is 2.15. The molecule has 0 saturated carbocycles. The molecule has 0 unspecified atom stereocenters. The average molecular weight is 349 g/mol. The number of carbonyl (C=O) groups excluding carboxylic acids is 1. The molecule has 0 aliphatic rings. The van der Waals surface area contributed by atoms with Crippen molar-refractivity contribution in [2.45, 2.75) is 0 Å². The van der Waals surface area contributed by atoms with Gasteiger partial charge < -0.3 is 15.4 Å². The predicted molar refractivity (Wildman–Crippen MR) is 87.6 cm³/mol. The third-order valence-electron chi connectivity index (χ3n) is 2.71. The zero-order valence-corrected chi connectivity index (χ0v) is 13.1. The van der Waals surface area contributed by atoms with Crippen molar-refractivity contribution in [3.8, 4) is 5.75 Å². The minimum absolute atomic E-state index is 0.0633. The maximum Gasteiger partial charge on any atom is 0.239 e. The van der Waals surface area contributed by atoms with Gasteiger partial charge in [-0.25, -0.2) is 0 Å². The van der Waals surface area contributed by atoms with Crippen molar-refractivity contribution in [1.29, 1.82) is 0 Å². The Bertz CT molecular complexity index is 575. The fourth-order valence-electron chi connectivity index (χ4n) is 1.72. The van der Waals surface area contributed by atoms with Crippen molar-refractivity contribution in [2.75, 3.05) is 25.0 Å². The molecule has 1 amide bonds. The summed E-state index contributed by atoms with van der Waals surface area (Å²) >= 11 is 3.39. The van der Waals surface area contributed by atoms with Gasteiger partial charge in [-0.15, -0.1) is 0 Å². The Balaban J connectivity index is 1.62. The van der Waals surface area contributed by atoms with Crippen LogP contribution in [0.5, 0.6) is 5.75 Å². The molecule has 0 aromatic heterocycles. The van der Waals surface area contributed by atoms with Gasteiger partial charge in [0.15, 0.2) is 0 Å². The summed E-state index contributed by atoms with van der Waals surface area (Å²) in [6.45, 7) is 1.17. The van der Waals surface area contributed by atoms with E-state index in [2.05, 4.69) is 26.6 Å². The van der Waals surface area contributed by atoms with E-state index in [1.807, 2.05) is 54.6 Å². The molecule has 2 aromatic rings. The zero-order chi connectivity index (χ0) is 14.9. The molecule has 2 aromatic carbocycles. The summed E-state index contributed by atoms with van der Waals surface area (Å²) in [7, 11) is 0. The minimum Gasteiger partial charge on any atom is -0.492 e. The van der Waals surface area contributed by atoms with Crippen molar-refractivity contribution >= 4 is 27.5 Å². The zero-order valence-electron chi connectivity index (χ0n) is 11.5. The van der Waals surface area contributed by atoms with Gasteiger partial charge in [-0.3, -0.25) is 4.79 Å². The lowest BCUT2D eigenvalue weighted by molar-refractivity contribution is -0.119. The van der Waals surface area contributed by atoms with Crippen molar-refractivity contribution in [1.82, 2.24) is 5.32 Å². The molecule has 0 aliphatic heterocycles. The van der Waals surface area contributed by atoms with Gasteiger partial charge in [0.1, 0.15) is 12.4 Å². The summed E-state index contributed by atoms with van der Waals surface area (Å²) in [6.07, 6.45) is 0. The third-order valence-corrected chi connectivity index (χ3v) is 3.21. The highest BCUT2D eigenvalue weighted by molar-refractivity contribution is 9.10. The molecule has 21 heavy (non-hydrogen) atoms. The van der Waals surface area contributed by atoms with Gasteiger partial charge in [-0.05, 0) is 30.3 Å². The third kappa shape index (κ3) is 5.87. The topological polar surface area (TPSA) is 50.4 Å². The van der Waals surface area contributed by atoms with Gasteiger partial charge >= 0.3 is 0 Å². The van der Waals surface area contributed by atoms with Crippen molar-refractivity contribution < 1.29 is 9.53 Å². The lowest BCUT2D eigenvalue weighted by Crippen LogP contribution is -2.32. The molecular formula is C16H17BrN2O2. The molecule has 0 spiro atoms. The van der Waals surface area contributed by atoms with Gasteiger partial charge in [0.05, 0.1) is 13.1 Å². The van der Waals surface area contributed by atoms with Crippen molar-refractivity contribution in [3.05, 3.63) is 59.1 Å². The SMILES string of the molecule is O=C(CNc1cccc(Br)c1)NCCOc1ccccc1. The number of para-hydroxylation sites is 1. The van der Waals surface area contributed by atoms with Crippen LogP contribution in [0, 0.1) is 0 Å². The number of carbonyl (C=O) groups is 1. The largest absolute Gasteiger partial charge is 0.492 e. The van der Waals surface area contributed by atoms with Gasteiger partial charge in [-0.2, -0.15) is 0 Å². The van der Waals surface area contributed by atoms with Gasteiger partial charge in [-0.1, -0.05) is 40.2 Å². The Morgan fingerprint density at radius 2 is 1.90 bits per heavy atom. The minimum atomic E-state index is -0.0633. The lowest BCUT2D eigenvalue weighted by Gasteiger charge is -2.09. The number of hydrogen-bond acceptors (Lipinski definition) is 3. The second kappa shape index (κ2) is 8.32. The molecule has 0 bridgehead atoms. The molecule has 0 atom stereocenters. The van der Waals surface area contributed by atoms with Crippen LogP contribution in [0.3, 0.4) is 0 Å². The Labute approximate surface area is 132 Å². The number of hydrogen-bond donors (Lipinski definition) is 2. The first-order chi connectivity index (χ1) is 10.2. The quantitative estimate of drug-likeness (QED) is 0.756. The van der Waals surface area contributed by atoms with E-state index in [1.165, 1.54) is 0 Å². The van der Waals surface area contributed by atoms with E-state index in [1.54, 1.807) is 0 Å². The highest BCUT2D eigenvalue weighted by Gasteiger charge is 2.01. The van der Waals surface area contributed by atoms with Gasteiger partial charge in [0.2, 0.25) is 5.91 Å². The van der Waals surface area contributed by atoms with E-state index in [0.29, 0.717) is 13.2 Å². The maximum absolute atomic E-state index is 11.7. The number of halogens is 1. The van der Waals surface area contributed by atoms with E-state index in [9.17, 15) is 4.79 Å². The molecule has 5 heteroatoms. The summed E-state index contributed by atoms with van der Waals surface area (Å²) in [4.78, 5) is 11.7. The lowest BCUT2D eigenvalue weighted by atomic mass is 10.3. The number of benzene rings is 2. The number of rotatable bonds is 7. The van der Waals surface area contributed by atoms with Crippen LogP contribution in [0.25, 0.3) is 0 Å². The highest BCUT2D eigenvalue weighted by atomic mass is 79.9. The first kappa shape index (κ1) is 15.4. The fraction of sp³-hybridized carbons (Fsp3) is 0.188. The van der Waals surface area contributed by atoms with E-state index in [-0.39, 0.29) is 12.5 Å². The molecule has 110 valence electrons. The molecule has 0 radical (unpaired) electrons. The smallest absolute Gasteiger partial charge is 0.239 e. The number of amides is 1. The second-order valence-electron chi connectivity index (χ2n) is 4.38. The van der Waals surface area contributed by atoms with Crippen LogP contribution in [-0.4, -0.2) is 25.6 Å². The molecule has 0 aliphatic carbocycles. The van der Waals surface area contributed by atoms with Crippen LogP contribution in [-0.2, 0) is 4.79 Å². The van der Waals surface area contributed by atoms with Crippen LogP contribution >= 0.6 is 15.9 Å². The molecule has 0 heterocycles. The van der Waals surface area contributed by atoms with E-state index >= 15 is 0 Å². The molecule has 0 saturated heterocycles. The monoisotopic (exact) mass is 348 g/mol. The Morgan fingerprint density at radius 1 is 1.10 bits per heavy atom. The normalized spacial score (nSPS) is 9.95. The summed E-state index contributed by atoms with van der Waals surface area (Å²) < 4.78 is 6.47. The summed E-state index contributed by atoms with van der Waals surface area (Å²) in [6, 6.07) is 17.2. The number of nitrogens with one attached hydrogen (secondary N) is 2. The standard InChI is InChI=1S/C16H17BrN2O2/c17-13-5-4-6-14(11-13)19-12-16(20)18-9-10-21-15-7-2-1-3-8-15/h1-8,11,19H,9-10,12H2,(H,18,20). The first-order valence-electron chi connectivity index (χ1n) is 6.68. The molecule has 0 fully saturated rings. The van der Waals surface area contributed by atoms with Crippen LogP contribution in [0.1, 0.15) is 0 Å². The Kier molecular flexibility index (Phi) is 6.09. The Hall–Kier alpha value is -2.01. The number of anilines is 1. The number of ether oxygens (including phenoxy) is 1. The predicted octanol–water partition coefficient (Wildman–Crippen LogP) is 3.06. The average Bonchev–Trinajstić information content (AvgIpc) is 2.51. The fourth-order valence-corrected chi connectivity index (χ4v) is 2.12. The molecule has 2 N–H and O–H groups in total. The summed E-state index contributed by atoms with van der Waals surface area (Å²) in [5, 5.41) is 5.86. The molecular weight excluding hydrogens is 332 g/mol. The first-order valence-corrected chi connectivity index (χ1v) is 7.47.